The van der Waals surface area contributed by atoms with Crippen LogP contribution in [-0.2, 0) is 9.53 Å². The number of nitrogens with zero attached hydrogens (tertiary/aromatic N) is 1. The first-order valence-electron chi connectivity index (χ1n) is 6.34. The summed E-state index contributed by atoms with van der Waals surface area (Å²) in [5, 5.41) is 0. The van der Waals surface area contributed by atoms with Gasteiger partial charge in [-0.25, -0.2) is 4.79 Å². The number of carbonyl (C=O) groups is 2. The lowest BCUT2D eigenvalue weighted by Gasteiger charge is -2.25. The molecule has 3 atom stereocenters. The van der Waals surface area contributed by atoms with Gasteiger partial charge < -0.3 is 14.4 Å². The fourth-order valence-corrected chi connectivity index (χ4v) is 2.95. The molecule has 0 aromatic heterocycles. The molecule has 0 N–H and O–H groups in total. The second-order valence-corrected chi connectivity index (χ2v) is 6.19. The van der Waals surface area contributed by atoms with Crippen molar-refractivity contribution in [3.8, 4) is 0 Å². The van der Waals surface area contributed by atoms with Gasteiger partial charge in [0.15, 0.2) is 0 Å². The van der Waals surface area contributed by atoms with Crippen molar-refractivity contribution >= 4 is 12.4 Å². The Hall–Kier alpha value is -1.06. The minimum absolute atomic E-state index is 0.146. The van der Waals surface area contributed by atoms with Crippen molar-refractivity contribution in [1.29, 1.82) is 0 Å². The molecule has 1 saturated carbocycles. The second-order valence-electron chi connectivity index (χ2n) is 6.19. The molecule has 1 unspecified atom stereocenters. The van der Waals surface area contributed by atoms with Gasteiger partial charge in [0.1, 0.15) is 11.9 Å². The van der Waals surface area contributed by atoms with Crippen LogP contribution in [0.15, 0.2) is 0 Å². The molecule has 1 aliphatic carbocycles. The quantitative estimate of drug-likeness (QED) is 0.658. The van der Waals surface area contributed by atoms with E-state index in [1.165, 1.54) is 0 Å². The Balaban J connectivity index is 1.94. The van der Waals surface area contributed by atoms with Crippen molar-refractivity contribution < 1.29 is 14.3 Å². The van der Waals surface area contributed by atoms with E-state index in [1.54, 1.807) is 4.90 Å². The van der Waals surface area contributed by atoms with E-state index in [0.717, 1.165) is 25.7 Å². The lowest BCUT2D eigenvalue weighted by molar-refractivity contribution is -0.112. The predicted molar refractivity (Wildman–Crippen MR) is 63.6 cm³/mol. The molecule has 1 aliphatic heterocycles. The molecule has 1 saturated heterocycles. The number of ether oxygens (including phenoxy) is 1. The molecule has 2 rings (SSSR count). The maximum absolute atomic E-state index is 11.9. The minimum Gasteiger partial charge on any atom is -0.444 e. The van der Waals surface area contributed by atoms with Crippen molar-refractivity contribution in [2.45, 2.75) is 39.2 Å². The summed E-state index contributed by atoms with van der Waals surface area (Å²) in [6.07, 6.45) is 2.87. The summed E-state index contributed by atoms with van der Waals surface area (Å²) >= 11 is 0. The first-order chi connectivity index (χ1) is 7.90. The number of aldehydes is 1. The van der Waals surface area contributed by atoms with Crippen LogP contribution in [0.25, 0.3) is 0 Å². The zero-order chi connectivity index (χ0) is 12.6. The lowest BCUT2D eigenvalue weighted by atomic mass is 9.94. The topological polar surface area (TPSA) is 46.6 Å². The zero-order valence-corrected chi connectivity index (χ0v) is 10.8. The SMILES string of the molecule is CC(C)(C)OC(=O)N1C[C@@H]2CCC(C=O)[C@@H]2C1. The molecule has 0 aromatic rings. The highest BCUT2D eigenvalue weighted by atomic mass is 16.6. The molecule has 0 spiro atoms. The van der Waals surface area contributed by atoms with Gasteiger partial charge in [0.25, 0.3) is 0 Å². The molecule has 4 heteroatoms. The molecule has 1 heterocycles. The molecule has 0 radical (unpaired) electrons. The molecular formula is C13H21NO3. The van der Waals surface area contributed by atoms with Gasteiger partial charge in [-0.1, -0.05) is 0 Å². The van der Waals surface area contributed by atoms with Crippen LogP contribution in [0.1, 0.15) is 33.6 Å². The van der Waals surface area contributed by atoms with Gasteiger partial charge in [-0.05, 0) is 45.4 Å². The highest BCUT2D eigenvalue weighted by molar-refractivity contribution is 5.69. The van der Waals surface area contributed by atoms with Crippen LogP contribution in [0.3, 0.4) is 0 Å². The summed E-state index contributed by atoms with van der Waals surface area (Å²) in [5.74, 6) is 1.00. The van der Waals surface area contributed by atoms with E-state index in [9.17, 15) is 9.59 Å². The maximum Gasteiger partial charge on any atom is 0.410 e. The van der Waals surface area contributed by atoms with Crippen molar-refractivity contribution in [3.05, 3.63) is 0 Å². The normalized spacial score (nSPS) is 32.4. The van der Waals surface area contributed by atoms with Crippen LogP contribution in [0.5, 0.6) is 0 Å². The fourth-order valence-electron chi connectivity index (χ4n) is 2.95. The van der Waals surface area contributed by atoms with E-state index in [4.69, 9.17) is 4.74 Å². The maximum atomic E-state index is 11.9. The van der Waals surface area contributed by atoms with Crippen molar-refractivity contribution in [2.24, 2.45) is 17.8 Å². The van der Waals surface area contributed by atoms with Crippen LogP contribution >= 0.6 is 0 Å². The third kappa shape index (κ3) is 2.61. The van der Waals surface area contributed by atoms with Crippen molar-refractivity contribution in [2.75, 3.05) is 13.1 Å². The van der Waals surface area contributed by atoms with E-state index >= 15 is 0 Å². The summed E-state index contributed by atoms with van der Waals surface area (Å²) in [5.41, 5.74) is -0.446. The number of hydrogen-bond donors (Lipinski definition) is 0. The summed E-state index contributed by atoms with van der Waals surface area (Å²) in [7, 11) is 0. The summed E-state index contributed by atoms with van der Waals surface area (Å²) in [6.45, 7) is 7.05. The Kier molecular flexibility index (Phi) is 3.15. The van der Waals surface area contributed by atoms with Crippen LogP contribution in [0.2, 0.25) is 0 Å². The Morgan fingerprint density at radius 1 is 1.29 bits per heavy atom. The molecule has 1 amide bonds. The molecule has 2 aliphatic rings. The zero-order valence-electron chi connectivity index (χ0n) is 10.8. The van der Waals surface area contributed by atoms with Crippen molar-refractivity contribution in [1.82, 2.24) is 4.90 Å². The average Bonchev–Trinajstić information content (AvgIpc) is 2.72. The van der Waals surface area contributed by atoms with Gasteiger partial charge in [0, 0.05) is 19.0 Å². The third-order valence-corrected chi connectivity index (χ3v) is 3.74. The molecule has 2 fully saturated rings. The van der Waals surface area contributed by atoms with Crippen LogP contribution in [-0.4, -0.2) is 36.0 Å². The van der Waals surface area contributed by atoms with Gasteiger partial charge in [-0.3, -0.25) is 0 Å². The monoisotopic (exact) mass is 239 g/mol. The molecule has 17 heavy (non-hydrogen) atoms. The molecule has 0 bridgehead atoms. The standard InChI is InChI=1S/C13H21NO3/c1-13(2,3)17-12(16)14-6-9-4-5-10(8-15)11(9)7-14/h8-11H,4-7H2,1-3H3/t9-,10?,11+/m0/s1. The smallest absolute Gasteiger partial charge is 0.410 e. The van der Waals surface area contributed by atoms with Gasteiger partial charge in [-0.2, -0.15) is 0 Å². The Morgan fingerprint density at radius 2 is 2.00 bits per heavy atom. The molecule has 4 nitrogen and oxygen atoms in total. The number of hydrogen-bond acceptors (Lipinski definition) is 3. The largest absolute Gasteiger partial charge is 0.444 e. The van der Waals surface area contributed by atoms with E-state index in [0.29, 0.717) is 18.4 Å². The lowest BCUT2D eigenvalue weighted by Crippen LogP contribution is -2.36. The first kappa shape index (κ1) is 12.4. The second kappa shape index (κ2) is 4.31. The third-order valence-electron chi connectivity index (χ3n) is 3.74. The number of carbonyl (C=O) groups excluding carboxylic acids is 2. The average molecular weight is 239 g/mol. The molecule has 0 aromatic carbocycles. The number of rotatable bonds is 1. The number of likely N-dealkylation sites (tertiary alicyclic amines) is 1. The summed E-state index contributed by atoms with van der Waals surface area (Å²) in [4.78, 5) is 24.6. The molecule has 96 valence electrons. The van der Waals surface area contributed by atoms with Gasteiger partial charge in [-0.15, -0.1) is 0 Å². The van der Waals surface area contributed by atoms with E-state index < -0.39 is 5.60 Å². The Bertz CT molecular complexity index is 321. The number of fused-ring (bicyclic) bond motifs is 1. The summed E-state index contributed by atoms with van der Waals surface area (Å²) in [6, 6.07) is 0. The highest BCUT2D eigenvalue weighted by Gasteiger charge is 2.44. The van der Waals surface area contributed by atoms with Crippen LogP contribution < -0.4 is 0 Å². The van der Waals surface area contributed by atoms with Gasteiger partial charge >= 0.3 is 6.09 Å². The summed E-state index contributed by atoms with van der Waals surface area (Å²) < 4.78 is 5.35. The van der Waals surface area contributed by atoms with Gasteiger partial charge in [0.2, 0.25) is 0 Å². The van der Waals surface area contributed by atoms with Crippen LogP contribution in [0, 0.1) is 17.8 Å². The minimum atomic E-state index is -0.446. The van der Waals surface area contributed by atoms with E-state index in [-0.39, 0.29) is 12.0 Å². The Labute approximate surface area is 102 Å². The van der Waals surface area contributed by atoms with E-state index in [2.05, 4.69) is 0 Å². The van der Waals surface area contributed by atoms with Crippen molar-refractivity contribution in [3.63, 3.8) is 0 Å². The first-order valence-corrected chi connectivity index (χ1v) is 6.34. The predicted octanol–water partition coefficient (Wildman–Crippen LogP) is 2.08. The number of amides is 1. The van der Waals surface area contributed by atoms with E-state index in [1.807, 2.05) is 20.8 Å². The Morgan fingerprint density at radius 3 is 2.59 bits per heavy atom. The van der Waals surface area contributed by atoms with Crippen LogP contribution in [0.4, 0.5) is 4.79 Å². The highest BCUT2D eigenvalue weighted by Crippen LogP contribution is 2.41. The van der Waals surface area contributed by atoms with Gasteiger partial charge in [0.05, 0.1) is 0 Å². The molecular weight excluding hydrogens is 218 g/mol. The fraction of sp³-hybridized carbons (Fsp3) is 0.846.